The molecule has 1 aliphatic heterocycles. The van der Waals surface area contributed by atoms with E-state index in [1.54, 1.807) is 12.3 Å². The molecule has 1 saturated heterocycles. The molecule has 19 heavy (non-hydrogen) atoms. The number of nitrogens with one attached hydrogen (secondary N) is 2. The van der Waals surface area contributed by atoms with E-state index in [1.165, 1.54) is 0 Å². The third-order valence-electron chi connectivity index (χ3n) is 3.09. The molecule has 1 aliphatic rings. The van der Waals surface area contributed by atoms with E-state index in [2.05, 4.69) is 38.5 Å². The Hall–Kier alpha value is -0.980. The molecule has 104 valence electrons. The first-order valence-corrected chi connectivity index (χ1v) is 7.24. The van der Waals surface area contributed by atoms with Crippen molar-refractivity contribution >= 4 is 27.5 Å². The maximum atomic E-state index is 12.3. The summed E-state index contributed by atoms with van der Waals surface area (Å²) in [6, 6.07) is 3.70. The van der Waals surface area contributed by atoms with Gasteiger partial charge in [0, 0.05) is 12.2 Å². The lowest BCUT2D eigenvalue weighted by Crippen LogP contribution is -2.41. The minimum absolute atomic E-state index is 0.0280. The predicted octanol–water partition coefficient (Wildman–Crippen LogP) is 1.80. The van der Waals surface area contributed by atoms with E-state index in [1.807, 2.05) is 6.07 Å². The lowest BCUT2D eigenvalue weighted by Gasteiger charge is -2.18. The number of aromatic nitrogens is 1. The standard InChI is InChI=1S/C13H18BrN3O2/c1-2-5-15-11-8-19-7-9(11)13(18)17-10-4-3-6-16-12(10)14/h3-4,6,9,11,15H,2,5,7-8H2,1H3,(H,17,18). The molecule has 0 saturated carbocycles. The predicted molar refractivity (Wildman–Crippen MR) is 77.0 cm³/mol. The molecular formula is C13H18BrN3O2. The lowest BCUT2D eigenvalue weighted by atomic mass is 10.0. The van der Waals surface area contributed by atoms with E-state index in [0.29, 0.717) is 23.5 Å². The summed E-state index contributed by atoms with van der Waals surface area (Å²) in [5.74, 6) is -0.182. The van der Waals surface area contributed by atoms with Crippen molar-refractivity contribution in [1.29, 1.82) is 0 Å². The molecule has 1 amide bonds. The van der Waals surface area contributed by atoms with Gasteiger partial charge in [-0.25, -0.2) is 4.98 Å². The van der Waals surface area contributed by atoms with Crippen LogP contribution in [0.2, 0.25) is 0 Å². The number of nitrogens with zero attached hydrogens (tertiary/aromatic N) is 1. The molecule has 0 radical (unpaired) electrons. The Balaban J connectivity index is 1.97. The van der Waals surface area contributed by atoms with Crippen LogP contribution >= 0.6 is 15.9 Å². The Kier molecular flexibility index (Phi) is 5.30. The lowest BCUT2D eigenvalue weighted by molar-refractivity contribution is -0.120. The molecule has 6 heteroatoms. The molecule has 1 aromatic heterocycles. The summed E-state index contributed by atoms with van der Waals surface area (Å²) in [4.78, 5) is 16.3. The van der Waals surface area contributed by atoms with Gasteiger partial charge in [0.2, 0.25) is 5.91 Å². The van der Waals surface area contributed by atoms with Crippen LogP contribution in [-0.2, 0) is 9.53 Å². The average Bonchev–Trinajstić information content (AvgIpc) is 2.87. The van der Waals surface area contributed by atoms with Gasteiger partial charge in [0.25, 0.3) is 0 Å². The number of ether oxygens (including phenoxy) is 1. The fourth-order valence-electron chi connectivity index (χ4n) is 2.05. The molecule has 2 rings (SSSR count). The van der Waals surface area contributed by atoms with Crippen LogP contribution in [0, 0.1) is 5.92 Å². The number of carbonyl (C=O) groups is 1. The van der Waals surface area contributed by atoms with Gasteiger partial charge in [-0.05, 0) is 41.0 Å². The Bertz CT molecular complexity index is 442. The zero-order chi connectivity index (χ0) is 13.7. The third kappa shape index (κ3) is 3.75. The normalized spacial score (nSPS) is 22.4. The maximum Gasteiger partial charge on any atom is 0.231 e. The molecule has 1 fully saturated rings. The monoisotopic (exact) mass is 327 g/mol. The number of hydrogen-bond acceptors (Lipinski definition) is 4. The Morgan fingerprint density at radius 2 is 2.42 bits per heavy atom. The largest absolute Gasteiger partial charge is 0.379 e. The fraction of sp³-hybridized carbons (Fsp3) is 0.538. The first-order chi connectivity index (χ1) is 9.22. The first kappa shape index (κ1) is 14.4. The second-order valence-corrected chi connectivity index (χ2v) is 5.29. The molecule has 2 heterocycles. The van der Waals surface area contributed by atoms with Crippen molar-refractivity contribution in [2.75, 3.05) is 25.1 Å². The Labute approximate surface area is 121 Å². The van der Waals surface area contributed by atoms with Crippen molar-refractivity contribution in [3.05, 3.63) is 22.9 Å². The molecule has 0 aromatic carbocycles. The number of halogens is 1. The van der Waals surface area contributed by atoms with E-state index >= 15 is 0 Å². The van der Waals surface area contributed by atoms with E-state index in [4.69, 9.17) is 4.74 Å². The zero-order valence-corrected chi connectivity index (χ0v) is 12.4. The average molecular weight is 328 g/mol. The van der Waals surface area contributed by atoms with Crippen LogP contribution in [0.1, 0.15) is 13.3 Å². The van der Waals surface area contributed by atoms with Crippen LogP contribution in [0.4, 0.5) is 5.69 Å². The minimum atomic E-state index is -0.154. The van der Waals surface area contributed by atoms with E-state index in [9.17, 15) is 4.79 Å². The zero-order valence-electron chi connectivity index (χ0n) is 10.9. The van der Waals surface area contributed by atoms with Crippen molar-refractivity contribution in [3.63, 3.8) is 0 Å². The smallest absolute Gasteiger partial charge is 0.231 e. The van der Waals surface area contributed by atoms with Crippen molar-refractivity contribution in [3.8, 4) is 0 Å². The van der Waals surface area contributed by atoms with Crippen LogP contribution in [0.5, 0.6) is 0 Å². The second-order valence-electron chi connectivity index (χ2n) is 4.54. The van der Waals surface area contributed by atoms with Gasteiger partial charge in [-0.2, -0.15) is 0 Å². The summed E-state index contributed by atoms with van der Waals surface area (Å²) in [6.45, 7) is 4.05. The highest BCUT2D eigenvalue weighted by Crippen LogP contribution is 2.21. The summed E-state index contributed by atoms with van der Waals surface area (Å²) in [6.07, 6.45) is 2.71. The molecular weight excluding hydrogens is 310 g/mol. The van der Waals surface area contributed by atoms with Crippen LogP contribution in [0.25, 0.3) is 0 Å². The van der Waals surface area contributed by atoms with Crippen molar-refractivity contribution in [2.24, 2.45) is 5.92 Å². The summed E-state index contributed by atoms with van der Waals surface area (Å²) in [5.41, 5.74) is 0.689. The van der Waals surface area contributed by atoms with Crippen molar-refractivity contribution < 1.29 is 9.53 Å². The number of hydrogen-bond donors (Lipinski definition) is 2. The molecule has 0 aliphatic carbocycles. The number of carbonyl (C=O) groups excluding carboxylic acids is 1. The molecule has 2 N–H and O–H groups in total. The highest BCUT2D eigenvalue weighted by molar-refractivity contribution is 9.10. The van der Waals surface area contributed by atoms with Gasteiger partial charge in [-0.3, -0.25) is 4.79 Å². The molecule has 0 bridgehead atoms. The van der Waals surface area contributed by atoms with Crippen LogP contribution in [0.3, 0.4) is 0 Å². The molecule has 0 spiro atoms. The number of anilines is 1. The number of amides is 1. The van der Waals surface area contributed by atoms with E-state index in [-0.39, 0.29) is 17.9 Å². The highest BCUT2D eigenvalue weighted by atomic mass is 79.9. The van der Waals surface area contributed by atoms with Crippen LogP contribution < -0.4 is 10.6 Å². The molecule has 2 atom stereocenters. The number of rotatable bonds is 5. The number of pyridine rings is 1. The van der Waals surface area contributed by atoms with Gasteiger partial charge in [0.05, 0.1) is 24.8 Å². The van der Waals surface area contributed by atoms with Crippen LogP contribution in [-0.4, -0.2) is 36.7 Å². The maximum absolute atomic E-state index is 12.3. The third-order valence-corrected chi connectivity index (χ3v) is 3.72. The van der Waals surface area contributed by atoms with Crippen molar-refractivity contribution in [2.45, 2.75) is 19.4 Å². The Morgan fingerprint density at radius 1 is 1.58 bits per heavy atom. The van der Waals surface area contributed by atoms with Gasteiger partial charge in [0.15, 0.2) is 0 Å². The Morgan fingerprint density at radius 3 is 3.16 bits per heavy atom. The van der Waals surface area contributed by atoms with E-state index in [0.717, 1.165) is 13.0 Å². The molecule has 1 aromatic rings. The SMILES string of the molecule is CCCNC1COCC1C(=O)Nc1cccnc1Br. The minimum Gasteiger partial charge on any atom is -0.379 e. The van der Waals surface area contributed by atoms with Crippen LogP contribution in [0.15, 0.2) is 22.9 Å². The van der Waals surface area contributed by atoms with Gasteiger partial charge in [-0.1, -0.05) is 6.92 Å². The quantitative estimate of drug-likeness (QED) is 0.809. The molecule has 2 unspecified atom stereocenters. The fourth-order valence-corrected chi connectivity index (χ4v) is 2.40. The van der Waals surface area contributed by atoms with Gasteiger partial charge in [-0.15, -0.1) is 0 Å². The summed E-state index contributed by atoms with van der Waals surface area (Å²) in [5, 5.41) is 6.24. The molecule has 5 nitrogen and oxygen atoms in total. The highest BCUT2D eigenvalue weighted by Gasteiger charge is 2.33. The van der Waals surface area contributed by atoms with Gasteiger partial charge in [0.1, 0.15) is 4.60 Å². The van der Waals surface area contributed by atoms with Gasteiger partial charge >= 0.3 is 0 Å². The summed E-state index contributed by atoms with van der Waals surface area (Å²) in [7, 11) is 0. The topological polar surface area (TPSA) is 63.2 Å². The summed E-state index contributed by atoms with van der Waals surface area (Å²) >= 11 is 3.32. The van der Waals surface area contributed by atoms with Crippen molar-refractivity contribution in [1.82, 2.24) is 10.3 Å². The first-order valence-electron chi connectivity index (χ1n) is 6.45. The van der Waals surface area contributed by atoms with Gasteiger partial charge < -0.3 is 15.4 Å². The summed E-state index contributed by atoms with van der Waals surface area (Å²) < 4.78 is 6.04. The van der Waals surface area contributed by atoms with E-state index < -0.39 is 0 Å². The second kappa shape index (κ2) is 6.98.